The average molecular weight is 489 g/mol. The topological polar surface area (TPSA) is 75.3 Å². The van der Waals surface area contributed by atoms with Gasteiger partial charge in [-0.3, -0.25) is 4.79 Å². The zero-order chi connectivity index (χ0) is 23.4. The third kappa shape index (κ3) is 6.70. The Hall–Kier alpha value is -2.10. The number of hydrogen-bond donors (Lipinski definition) is 2. The second-order valence-electron chi connectivity index (χ2n) is 7.84. The number of carbonyl (C=O) groups excluding carboxylic acids is 1. The van der Waals surface area contributed by atoms with Gasteiger partial charge in [0.05, 0.1) is 15.5 Å². The first-order valence-corrected chi connectivity index (χ1v) is 12.2. The molecule has 1 fully saturated rings. The van der Waals surface area contributed by atoms with Gasteiger partial charge in [-0.15, -0.1) is 0 Å². The Morgan fingerprint density at radius 2 is 1.69 bits per heavy atom. The van der Waals surface area contributed by atoms with Gasteiger partial charge in [0.25, 0.3) is 0 Å². The zero-order valence-corrected chi connectivity index (χ0v) is 18.8. The van der Waals surface area contributed by atoms with Crippen LogP contribution in [0.15, 0.2) is 47.4 Å². The van der Waals surface area contributed by atoms with Crippen molar-refractivity contribution in [3.8, 4) is 0 Å². The van der Waals surface area contributed by atoms with Crippen molar-refractivity contribution in [2.45, 2.75) is 62.1 Å². The van der Waals surface area contributed by atoms with Crippen molar-refractivity contribution < 1.29 is 26.4 Å². The van der Waals surface area contributed by atoms with Gasteiger partial charge < -0.3 is 5.32 Å². The number of hydrogen-bond acceptors (Lipinski definition) is 3. The van der Waals surface area contributed by atoms with Crippen molar-refractivity contribution in [3.05, 3.63) is 58.6 Å². The van der Waals surface area contributed by atoms with Crippen molar-refractivity contribution in [2.24, 2.45) is 0 Å². The van der Waals surface area contributed by atoms with Crippen molar-refractivity contribution in [3.63, 3.8) is 0 Å². The number of sulfonamides is 1. The lowest BCUT2D eigenvalue weighted by Gasteiger charge is -2.22. The van der Waals surface area contributed by atoms with Crippen LogP contribution in [0.25, 0.3) is 0 Å². The molecule has 0 spiro atoms. The second-order valence-corrected chi connectivity index (χ2v) is 9.96. The molecule has 0 bridgehead atoms. The van der Waals surface area contributed by atoms with E-state index in [-0.39, 0.29) is 23.0 Å². The lowest BCUT2D eigenvalue weighted by Crippen LogP contribution is -2.36. The van der Waals surface area contributed by atoms with E-state index in [0.717, 1.165) is 49.8 Å². The minimum Gasteiger partial charge on any atom is -0.326 e. The fraction of sp³-hybridized carbons (Fsp3) is 0.409. The van der Waals surface area contributed by atoms with Gasteiger partial charge in [-0.25, -0.2) is 13.1 Å². The fourth-order valence-electron chi connectivity index (χ4n) is 3.64. The molecule has 174 valence electrons. The maximum atomic E-state index is 12.9. The number of halogens is 4. The van der Waals surface area contributed by atoms with Crippen molar-refractivity contribution >= 4 is 33.2 Å². The van der Waals surface area contributed by atoms with Crippen LogP contribution in [-0.4, -0.2) is 20.4 Å². The summed E-state index contributed by atoms with van der Waals surface area (Å²) in [5.41, 5.74) is -0.276. The highest BCUT2D eigenvalue weighted by molar-refractivity contribution is 7.89. The molecule has 1 saturated carbocycles. The maximum absolute atomic E-state index is 12.9. The highest BCUT2D eigenvalue weighted by Gasteiger charge is 2.33. The van der Waals surface area contributed by atoms with Crippen LogP contribution >= 0.6 is 11.6 Å². The zero-order valence-electron chi connectivity index (χ0n) is 17.2. The van der Waals surface area contributed by atoms with Gasteiger partial charge in [-0.05, 0) is 55.2 Å². The summed E-state index contributed by atoms with van der Waals surface area (Å²) in [6, 6.07) is 9.39. The molecule has 0 atom stereocenters. The molecule has 0 heterocycles. The predicted octanol–water partition coefficient (Wildman–Crippen LogP) is 5.54. The Bertz CT molecular complexity index is 1050. The van der Waals surface area contributed by atoms with Crippen LogP contribution in [0.3, 0.4) is 0 Å². The first-order valence-electron chi connectivity index (χ1n) is 10.3. The van der Waals surface area contributed by atoms with Gasteiger partial charge in [0.15, 0.2) is 0 Å². The smallest absolute Gasteiger partial charge is 0.326 e. The number of benzene rings is 2. The van der Waals surface area contributed by atoms with E-state index in [9.17, 15) is 26.4 Å². The van der Waals surface area contributed by atoms with Crippen molar-refractivity contribution in [1.29, 1.82) is 0 Å². The third-order valence-electron chi connectivity index (χ3n) is 5.36. The Morgan fingerprint density at radius 3 is 2.31 bits per heavy atom. The summed E-state index contributed by atoms with van der Waals surface area (Å²) >= 11 is 5.58. The number of carbonyl (C=O) groups is 1. The van der Waals surface area contributed by atoms with Gasteiger partial charge in [0.2, 0.25) is 15.9 Å². The molecule has 32 heavy (non-hydrogen) atoms. The fourth-order valence-corrected chi connectivity index (χ4v) is 5.17. The van der Waals surface area contributed by atoms with Crippen LogP contribution in [0.1, 0.15) is 49.7 Å². The molecule has 0 saturated heterocycles. The van der Waals surface area contributed by atoms with Crippen LogP contribution in [-0.2, 0) is 27.4 Å². The standard InChI is InChI=1S/C22H24ClF3N2O3S/c23-20-12-9-17(14-19(20)22(24,25)26)27-21(29)13-8-15-6-10-18(11-7-15)32(30,31)28-16-4-2-1-3-5-16/h6-7,9-12,14,16,28H,1-5,8,13H2,(H,27,29). The lowest BCUT2D eigenvalue weighted by atomic mass is 9.96. The van der Waals surface area contributed by atoms with Gasteiger partial charge >= 0.3 is 6.18 Å². The van der Waals surface area contributed by atoms with E-state index in [4.69, 9.17) is 11.6 Å². The maximum Gasteiger partial charge on any atom is 0.417 e. The molecular formula is C22H24ClF3N2O3S. The predicted molar refractivity (Wildman–Crippen MR) is 117 cm³/mol. The van der Waals surface area contributed by atoms with E-state index in [1.165, 1.54) is 18.2 Å². The van der Waals surface area contributed by atoms with Crippen LogP contribution < -0.4 is 10.0 Å². The molecular weight excluding hydrogens is 465 g/mol. The van der Waals surface area contributed by atoms with Crippen LogP contribution in [0.4, 0.5) is 18.9 Å². The van der Waals surface area contributed by atoms with Gasteiger partial charge in [-0.1, -0.05) is 43.0 Å². The summed E-state index contributed by atoms with van der Waals surface area (Å²) in [6.07, 6.45) is 0.546. The molecule has 5 nitrogen and oxygen atoms in total. The molecule has 0 aromatic heterocycles. The summed E-state index contributed by atoms with van der Waals surface area (Å²) in [4.78, 5) is 12.3. The molecule has 0 unspecified atom stereocenters. The Morgan fingerprint density at radius 1 is 1.03 bits per heavy atom. The number of amides is 1. The normalized spacial score (nSPS) is 15.5. The van der Waals surface area contributed by atoms with E-state index >= 15 is 0 Å². The van der Waals surface area contributed by atoms with E-state index in [2.05, 4.69) is 10.0 Å². The average Bonchev–Trinajstić information content (AvgIpc) is 2.73. The van der Waals surface area contributed by atoms with Gasteiger partial charge in [0.1, 0.15) is 0 Å². The second kappa shape index (κ2) is 10.2. The summed E-state index contributed by atoms with van der Waals surface area (Å²) < 4.78 is 66.6. The molecule has 1 amide bonds. The highest BCUT2D eigenvalue weighted by atomic mass is 35.5. The van der Waals surface area contributed by atoms with E-state index in [0.29, 0.717) is 6.42 Å². The monoisotopic (exact) mass is 488 g/mol. The number of nitrogens with one attached hydrogen (secondary N) is 2. The van der Waals surface area contributed by atoms with Crippen molar-refractivity contribution in [1.82, 2.24) is 4.72 Å². The first kappa shape index (κ1) is 24.5. The number of alkyl halides is 3. The minimum absolute atomic E-state index is 0.00181. The number of anilines is 1. The molecule has 10 heteroatoms. The van der Waals surface area contributed by atoms with E-state index < -0.39 is 32.7 Å². The summed E-state index contributed by atoms with van der Waals surface area (Å²) in [6.45, 7) is 0. The Kier molecular flexibility index (Phi) is 7.84. The van der Waals surface area contributed by atoms with Crippen LogP contribution in [0, 0.1) is 0 Å². The van der Waals surface area contributed by atoms with Crippen molar-refractivity contribution in [2.75, 3.05) is 5.32 Å². The Balaban J connectivity index is 1.55. The third-order valence-corrected chi connectivity index (χ3v) is 7.22. The molecule has 2 N–H and O–H groups in total. The van der Waals surface area contributed by atoms with Gasteiger partial charge in [-0.2, -0.15) is 13.2 Å². The van der Waals surface area contributed by atoms with E-state index in [1.54, 1.807) is 12.1 Å². The number of rotatable bonds is 7. The molecule has 2 aromatic rings. The molecule has 0 radical (unpaired) electrons. The molecule has 1 aliphatic carbocycles. The SMILES string of the molecule is O=C(CCc1ccc(S(=O)(=O)NC2CCCCC2)cc1)Nc1ccc(Cl)c(C(F)(F)F)c1. The molecule has 0 aliphatic heterocycles. The molecule has 3 rings (SSSR count). The Labute approximate surface area is 190 Å². The highest BCUT2D eigenvalue weighted by Crippen LogP contribution is 2.36. The summed E-state index contributed by atoms with van der Waals surface area (Å²) in [5.74, 6) is -0.462. The molecule has 2 aromatic carbocycles. The lowest BCUT2D eigenvalue weighted by molar-refractivity contribution is -0.137. The molecule has 1 aliphatic rings. The summed E-state index contributed by atoms with van der Waals surface area (Å²) in [5, 5.41) is 1.99. The first-order chi connectivity index (χ1) is 15.0. The quantitative estimate of drug-likeness (QED) is 0.537. The van der Waals surface area contributed by atoms with E-state index in [1.807, 2.05) is 0 Å². The minimum atomic E-state index is -4.62. The van der Waals surface area contributed by atoms with Crippen LogP contribution in [0.2, 0.25) is 5.02 Å². The van der Waals surface area contributed by atoms with Crippen LogP contribution in [0.5, 0.6) is 0 Å². The largest absolute Gasteiger partial charge is 0.417 e. The van der Waals surface area contributed by atoms with Gasteiger partial charge in [0, 0.05) is 18.2 Å². The number of aryl methyl sites for hydroxylation is 1. The summed E-state index contributed by atoms with van der Waals surface area (Å²) in [7, 11) is -3.60.